The predicted octanol–water partition coefficient (Wildman–Crippen LogP) is 3.45. The first kappa shape index (κ1) is 28.3. The summed E-state index contributed by atoms with van der Waals surface area (Å²) in [6.45, 7) is 3.76. The summed E-state index contributed by atoms with van der Waals surface area (Å²) in [5.41, 5.74) is 3.91. The summed E-state index contributed by atoms with van der Waals surface area (Å²) >= 11 is 0. The van der Waals surface area contributed by atoms with Gasteiger partial charge in [-0.3, -0.25) is 14.6 Å². The second-order valence-electron chi connectivity index (χ2n) is 8.21. The van der Waals surface area contributed by atoms with E-state index in [1.165, 1.54) is 43.8 Å². The summed E-state index contributed by atoms with van der Waals surface area (Å²) in [6.07, 6.45) is -0.867. The molecule has 0 aliphatic carbocycles. The molecule has 0 aromatic heterocycles. The second kappa shape index (κ2) is 12.3. The van der Waals surface area contributed by atoms with Gasteiger partial charge in [0.2, 0.25) is 5.91 Å². The van der Waals surface area contributed by atoms with E-state index < -0.39 is 29.1 Å². The molecule has 2 aromatic rings. The van der Waals surface area contributed by atoms with Crippen molar-refractivity contribution in [3.05, 3.63) is 78.1 Å². The van der Waals surface area contributed by atoms with E-state index >= 15 is 0 Å². The summed E-state index contributed by atoms with van der Waals surface area (Å²) in [5.74, 6) is -1.21. The summed E-state index contributed by atoms with van der Waals surface area (Å²) in [7, 11) is 1.27. The molecule has 1 saturated heterocycles. The largest absolute Gasteiger partial charge is 0.497 e. The lowest BCUT2D eigenvalue weighted by atomic mass is 9.96. The fourth-order valence-corrected chi connectivity index (χ4v) is 3.60. The van der Waals surface area contributed by atoms with Gasteiger partial charge in [0.15, 0.2) is 0 Å². The van der Waals surface area contributed by atoms with Crippen molar-refractivity contribution in [2.75, 3.05) is 20.3 Å². The number of nitrogens with zero attached hydrogens (tertiary/aromatic N) is 1. The predicted molar refractivity (Wildman–Crippen MR) is 134 cm³/mol. The molecule has 1 aliphatic heterocycles. The van der Waals surface area contributed by atoms with Gasteiger partial charge < -0.3 is 30.6 Å². The molecule has 3 rings (SSSR count). The quantitative estimate of drug-likeness (QED) is 0.318. The molecule has 0 radical (unpaired) electrons. The lowest BCUT2D eigenvalue weighted by Crippen LogP contribution is -2.59. The van der Waals surface area contributed by atoms with Crippen molar-refractivity contribution in [2.45, 2.75) is 24.7 Å². The molecule has 0 spiro atoms. The van der Waals surface area contributed by atoms with Crippen molar-refractivity contribution in [3.63, 3.8) is 0 Å². The third-order valence-corrected chi connectivity index (χ3v) is 5.67. The van der Waals surface area contributed by atoms with E-state index in [0.717, 1.165) is 12.3 Å². The molecule has 1 fully saturated rings. The van der Waals surface area contributed by atoms with E-state index in [0.29, 0.717) is 5.56 Å². The molecular formula is C26H27F3N4O5. The SMILES string of the molecule is C=C/N=C\C(=C/N)C(=O)N[C@]1(C(=O)NCc2ccc(Oc3ccc(OC)cc3C(F)(F)F)cc2)CCOC1. The highest BCUT2D eigenvalue weighted by Crippen LogP contribution is 2.40. The van der Waals surface area contributed by atoms with E-state index in [2.05, 4.69) is 22.2 Å². The van der Waals surface area contributed by atoms with Gasteiger partial charge in [-0.2, -0.15) is 13.2 Å². The Morgan fingerprint density at radius 3 is 2.50 bits per heavy atom. The van der Waals surface area contributed by atoms with Crippen molar-refractivity contribution in [1.82, 2.24) is 10.6 Å². The summed E-state index contributed by atoms with van der Waals surface area (Å²) < 4.78 is 56.0. The number of hydrogen-bond acceptors (Lipinski definition) is 7. The number of rotatable bonds is 10. The Kier molecular flexibility index (Phi) is 9.13. The first-order valence-corrected chi connectivity index (χ1v) is 11.4. The number of ether oxygens (including phenoxy) is 3. The number of nitrogens with one attached hydrogen (secondary N) is 2. The van der Waals surface area contributed by atoms with Gasteiger partial charge in [-0.25, -0.2) is 0 Å². The van der Waals surface area contributed by atoms with Crippen molar-refractivity contribution in [1.29, 1.82) is 0 Å². The molecule has 1 atom stereocenters. The maximum Gasteiger partial charge on any atom is 0.420 e. The van der Waals surface area contributed by atoms with Crippen LogP contribution in [0.1, 0.15) is 17.5 Å². The lowest BCUT2D eigenvalue weighted by molar-refractivity contribution is -0.138. The number of aliphatic imine (C=N–C) groups is 1. The number of carbonyl (C=O) groups is 2. The standard InChI is InChI=1S/C26H27F3N4O5/c1-3-31-15-18(13-30)23(34)33-25(10-11-37-16-25)24(35)32-14-17-4-6-19(7-5-17)38-22-9-8-20(36-2)12-21(22)26(27,28)29/h3-9,12-13,15H,1,10-11,14,16,30H2,2H3,(H,32,35)(H,33,34)/b18-13+,31-15-/t25-/m1/s1. The smallest absolute Gasteiger partial charge is 0.420 e. The number of alkyl halides is 3. The van der Waals surface area contributed by atoms with E-state index in [1.54, 1.807) is 12.1 Å². The van der Waals surface area contributed by atoms with Crippen LogP contribution in [0.25, 0.3) is 0 Å². The molecule has 38 heavy (non-hydrogen) atoms. The van der Waals surface area contributed by atoms with Crippen molar-refractivity contribution < 1.29 is 37.0 Å². The molecule has 2 aromatic carbocycles. The fourth-order valence-electron chi connectivity index (χ4n) is 3.60. The van der Waals surface area contributed by atoms with Crippen LogP contribution in [-0.4, -0.2) is 43.9 Å². The van der Waals surface area contributed by atoms with Crippen LogP contribution in [0, 0.1) is 0 Å². The first-order valence-electron chi connectivity index (χ1n) is 11.4. The minimum absolute atomic E-state index is 0.0306. The summed E-state index contributed by atoms with van der Waals surface area (Å²) in [5, 5.41) is 5.44. The molecule has 0 bridgehead atoms. The van der Waals surface area contributed by atoms with Gasteiger partial charge in [0.05, 0.1) is 19.3 Å². The Morgan fingerprint density at radius 2 is 1.92 bits per heavy atom. The highest BCUT2D eigenvalue weighted by Gasteiger charge is 2.44. The van der Waals surface area contributed by atoms with Crippen LogP contribution in [0.4, 0.5) is 13.2 Å². The molecule has 2 amide bonds. The Labute approximate surface area is 217 Å². The summed E-state index contributed by atoms with van der Waals surface area (Å²) in [4.78, 5) is 29.4. The van der Waals surface area contributed by atoms with Crippen LogP contribution in [0.2, 0.25) is 0 Å². The third kappa shape index (κ3) is 6.91. The Balaban J connectivity index is 1.66. The van der Waals surface area contributed by atoms with Gasteiger partial charge in [0, 0.05) is 38.2 Å². The van der Waals surface area contributed by atoms with Gasteiger partial charge in [-0.05, 0) is 35.9 Å². The number of benzene rings is 2. The average Bonchev–Trinajstić information content (AvgIpc) is 3.37. The lowest BCUT2D eigenvalue weighted by Gasteiger charge is -2.27. The number of nitrogens with two attached hydrogens (primary N) is 1. The third-order valence-electron chi connectivity index (χ3n) is 5.67. The zero-order valence-corrected chi connectivity index (χ0v) is 20.5. The Hall–Kier alpha value is -4.32. The normalized spacial score (nSPS) is 17.7. The molecule has 1 heterocycles. The van der Waals surface area contributed by atoms with Crippen LogP contribution in [0.3, 0.4) is 0 Å². The molecule has 4 N–H and O–H groups in total. The Morgan fingerprint density at radius 1 is 1.21 bits per heavy atom. The van der Waals surface area contributed by atoms with Crippen LogP contribution in [0.5, 0.6) is 17.2 Å². The maximum absolute atomic E-state index is 13.4. The van der Waals surface area contributed by atoms with Crippen LogP contribution < -0.4 is 25.8 Å². The summed E-state index contributed by atoms with van der Waals surface area (Å²) in [6, 6.07) is 9.58. The van der Waals surface area contributed by atoms with Crippen LogP contribution in [0.15, 0.2) is 72.0 Å². The minimum Gasteiger partial charge on any atom is -0.497 e. The van der Waals surface area contributed by atoms with E-state index in [1.807, 2.05) is 0 Å². The van der Waals surface area contributed by atoms with Gasteiger partial charge in [-0.1, -0.05) is 18.7 Å². The van der Waals surface area contributed by atoms with E-state index in [4.69, 9.17) is 19.9 Å². The Bertz CT molecular complexity index is 1220. The molecule has 0 unspecified atom stereocenters. The van der Waals surface area contributed by atoms with Gasteiger partial charge in [-0.15, -0.1) is 0 Å². The highest BCUT2D eigenvalue weighted by molar-refractivity contribution is 6.13. The van der Waals surface area contributed by atoms with Gasteiger partial charge in [0.1, 0.15) is 28.4 Å². The second-order valence-corrected chi connectivity index (χ2v) is 8.21. The molecule has 1 aliphatic rings. The van der Waals surface area contributed by atoms with Crippen molar-refractivity contribution in [3.8, 4) is 17.2 Å². The zero-order valence-electron chi connectivity index (χ0n) is 20.5. The van der Waals surface area contributed by atoms with Crippen molar-refractivity contribution in [2.24, 2.45) is 10.7 Å². The van der Waals surface area contributed by atoms with Crippen molar-refractivity contribution >= 4 is 18.0 Å². The van der Waals surface area contributed by atoms with Gasteiger partial charge in [0.25, 0.3) is 5.91 Å². The molecule has 12 heteroatoms. The number of halogens is 3. The number of hydrogen-bond donors (Lipinski definition) is 3. The minimum atomic E-state index is -4.64. The zero-order chi connectivity index (χ0) is 27.8. The average molecular weight is 533 g/mol. The van der Waals surface area contributed by atoms with Gasteiger partial charge >= 0.3 is 6.18 Å². The maximum atomic E-state index is 13.4. The van der Waals surface area contributed by atoms with E-state index in [-0.39, 0.29) is 49.0 Å². The first-order chi connectivity index (χ1) is 18.1. The number of carbonyl (C=O) groups excluding carboxylic acids is 2. The molecule has 0 saturated carbocycles. The topological polar surface area (TPSA) is 124 Å². The van der Waals surface area contributed by atoms with E-state index in [9.17, 15) is 22.8 Å². The molecular weight excluding hydrogens is 505 g/mol. The number of amides is 2. The van der Waals surface area contributed by atoms with Crippen LogP contribution in [-0.2, 0) is 27.0 Å². The fraction of sp³-hybridized carbons (Fsp3) is 0.269. The highest BCUT2D eigenvalue weighted by atomic mass is 19.4. The molecule has 202 valence electrons. The van der Waals surface area contributed by atoms with Crippen LogP contribution >= 0.6 is 0 Å². The monoisotopic (exact) mass is 532 g/mol. The number of methoxy groups -OCH3 is 1. The molecule has 9 nitrogen and oxygen atoms in total.